The van der Waals surface area contributed by atoms with Crippen LogP contribution in [0.4, 0.5) is 0 Å². The molecule has 3 rings (SSSR count). The Bertz CT molecular complexity index is 750. The lowest BCUT2D eigenvalue weighted by Crippen LogP contribution is -2.48. The summed E-state index contributed by atoms with van der Waals surface area (Å²) in [7, 11) is 0. The van der Waals surface area contributed by atoms with Crippen molar-refractivity contribution in [2.24, 2.45) is 0 Å². The van der Waals surface area contributed by atoms with Gasteiger partial charge in [-0.05, 0) is 44.4 Å². The third kappa shape index (κ3) is 4.75. The van der Waals surface area contributed by atoms with Crippen LogP contribution in [0.15, 0.2) is 12.1 Å². The Morgan fingerprint density at radius 2 is 2.18 bits per heavy atom. The molecule has 0 aromatic heterocycles. The Morgan fingerprint density at radius 1 is 1.39 bits per heavy atom. The molecule has 2 unspecified atom stereocenters. The number of rotatable bonds is 6. The lowest BCUT2D eigenvalue weighted by atomic mass is 9.70. The molecule has 0 radical (unpaired) electrons. The monoisotopic (exact) mass is 393 g/mol. The van der Waals surface area contributed by atoms with E-state index < -0.39 is 18.8 Å². The summed E-state index contributed by atoms with van der Waals surface area (Å²) in [5.41, 5.74) is 0.327. The molecule has 2 atom stereocenters. The number of carbonyl (C=O) groups is 2. The summed E-state index contributed by atoms with van der Waals surface area (Å²) >= 11 is 0. The van der Waals surface area contributed by atoms with Crippen LogP contribution in [0.5, 0.6) is 11.5 Å². The first-order valence-electron chi connectivity index (χ1n) is 9.63. The predicted molar refractivity (Wildman–Crippen MR) is 101 cm³/mol. The fraction of sp³-hybridized carbons (Fsp3) is 0.556. The molecule has 0 aliphatic carbocycles. The predicted octanol–water partition coefficient (Wildman–Crippen LogP) is 0.269. The summed E-state index contributed by atoms with van der Waals surface area (Å²) in [6.45, 7) is -0.344. The van der Waals surface area contributed by atoms with E-state index in [2.05, 4.69) is 10.6 Å². The number of nitrogens with one attached hydrogen (secondary N) is 2. The SMILES string of the molecule is CC(CNC(=O)C1CCCCN1)Oc1ccc2c(c1C(=O)O)O[B-](O)(O)CC2. The van der Waals surface area contributed by atoms with Gasteiger partial charge in [0.05, 0.1) is 18.3 Å². The number of carboxylic acid groups (broad SMARTS) is 1. The van der Waals surface area contributed by atoms with Crippen LogP contribution in [0.2, 0.25) is 6.32 Å². The van der Waals surface area contributed by atoms with Gasteiger partial charge in [0.2, 0.25) is 5.91 Å². The average Bonchev–Trinajstić information content (AvgIpc) is 2.65. The number of carboxylic acids is 1. The van der Waals surface area contributed by atoms with Gasteiger partial charge in [-0.3, -0.25) is 4.79 Å². The first-order chi connectivity index (χ1) is 13.3. The molecule has 2 heterocycles. The highest BCUT2D eigenvalue weighted by atomic mass is 16.6. The molecule has 28 heavy (non-hydrogen) atoms. The number of piperidine rings is 1. The van der Waals surface area contributed by atoms with Crippen LogP contribution in [-0.2, 0) is 11.2 Å². The van der Waals surface area contributed by atoms with Crippen molar-refractivity contribution in [2.75, 3.05) is 13.1 Å². The lowest BCUT2D eigenvalue weighted by Gasteiger charge is -2.37. The third-order valence-electron chi connectivity index (χ3n) is 5.03. The minimum absolute atomic E-state index is 0.00387. The molecule has 1 aromatic rings. The highest BCUT2D eigenvalue weighted by molar-refractivity contribution is 6.59. The Kier molecular flexibility index (Phi) is 6.12. The maximum absolute atomic E-state index is 12.2. The van der Waals surface area contributed by atoms with Gasteiger partial charge < -0.3 is 35.2 Å². The second-order valence-electron chi connectivity index (χ2n) is 7.42. The summed E-state index contributed by atoms with van der Waals surface area (Å²) in [6.07, 6.45) is 2.66. The maximum atomic E-state index is 12.2. The number of aromatic carboxylic acids is 1. The highest BCUT2D eigenvalue weighted by Gasteiger charge is 2.33. The van der Waals surface area contributed by atoms with Crippen LogP contribution in [0.3, 0.4) is 0 Å². The van der Waals surface area contributed by atoms with Gasteiger partial charge in [-0.1, -0.05) is 18.8 Å². The van der Waals surface area contributed by atoms with Crippen molar-refractivity contribution in [3.05, 3.63) is 23.3 Å². The van der Waals surface area contributed by atoms with E-state index in [1.54, 1.807) is 13.0 Å². The number of aryl methyl sites for hydroxylation is 1. The van der Waals surface area contributed by atoms with E-state index in [1.807, 2.05) is 0 Å². The largest absolute Gasteiger partial charge is 0.669 e. The summed E-state index contributed by atoms with van der Waals surface area (Å²) in [6, 6.07) is 2.97. The number of carbonyl (C=O) groups excluding carboxylic acids is 1. The van der Waals surface area contributed by atoms with Gasteiger partial charge in [-0.2, -0.15) is 0 Å². The fourth-order valence-corrected chi connectivity index (χ4v) is 3.53. The molecule has 10 heteroatoms. The van der Waals surface area contributed by atoms with Crippen LogP contribution in [0.25, 0.3) is 0 Å². The van der Waals surface area contributed by atoms with E-state index >= 15 is 0 Å². The first-order valence-corrected chi connectivity index (χ1v) is 9.63. The number of fused-ring (bicyclic) bond motifs is 1. The Morgan fingerprint density at radius 3 is 2.86 bits per heavy atom. The number of ether oxygens (including phenoxy) is 1. The van der Waals surface area contributed by atoms with Crippen molar-refractivity contribution >= 4 is 18.6 Å². The summed E-state index contributed by atoms with van der Waals surface area (Å²) < 4.78 is 10.9. The highest BCUT2D eigenvalue weighted by Crippen LogP contribution is 2.38. The zero-order chi connectivity index (χ0) is 20.3. The standard InChI is InChI=1S/C18H26BN2O7/c1-11(10-21-17(22)13-4-2-3-9-20-13)27-14-6-5-12-7-8-19(25,26)28-16(12)15(14)18(23)24/h5-6,11,13,20,25-26H,2-4,7-10H2,1H3,(H,21,22)(H,23,24)/q-1. The van der Waals surface area contributed by atoms with E-state index in [1.165, 1.54) is 6.07 Å². The quantitative estimate of drug-likeness (QED) is 0.435. The van der Waals surface area contributed by atoms with Gasteiger partial charge in [0.15, 0.2) is 0 Å². The molecule has 0 saturated carbocycles. The molecule has 9 nitrogen and oxygen atoms in total. The van der Waals surface area contributed by atoms with Crippen LogP contribution in [0.1, 0.15) is 42.1 Å². The second-order valence-corrected chi connectivity index (χ2v) is 7.42. The van der Waals surface area contributed by atoms with Crippen LogP contribution >= 0.6 is 0 Å². The normalized spacial score (nSPS) is 21.8. The molecule has 2 aliphatic rings. The maximum Gasteiger partial charge on any atom is 0.430 e. The number of benzene rings is 1. The molecular weight excluding hydrogens is 367 g/mol. The molecular formula is C18H26BN2O7-. The van der Waals surface area contributed by atoms with Gasteiger partial charge >= 0.3 is 12.7 Å². The van der Waals surface area contributed by atoms with Crippen LogP contribution in [0, 0.1) is 0 Å². The third-order valence-corrected chi connectivity index (χ3v) is 5.03. The van der Waals surface area contributed by atoms with Crippen molar-refractivity contribution < 1.29 is 34.1 Å². The van der Waals surface area contributed by atoms with E-state index in [0.29, 0.717) is 12.0 Å². The van der Waals surface area contributed by atoms with Gasteiger partial charge in [0.25, 0.3) is 0 Å². The first kappa shape index (κ1) is 20.4. The Hall–Kier alpha value is -2.30. The van der Waals surface area contributed by atoms with Crippen molar-refractivity contribution in [1.29, 1.82) is 0 Å². The molecule has 0 bridgehead atoms. The fourth-order valence-electron chi connectivity index (χ4n) is 3.53. The molecule has 1 aromatic carbocycles. The van der Waals surface area contributed by atoms with Gasteiger partial charge in [-0.15, -0.1) is 0 Å². The molecule has 1 fully saturated rings. The number of hydrogen-bond donors (Lipinski definition) is 5. The van der Waals surface area contributed by atoms with E-state index in [0.717, 1.165) is 25.8 Å². The van der Waals surface area contributed by atoms with Gasteiger partial charge in [0.1, 0.15) is 17.4 Å². The van der Waals surface area contributed by atoms with Gasteiger partial charge in [0, 0.05) is 0 Å². The summed E-state index contributed by atoms with van der Waals surface area (Å²) in [4.78, 5) is 24.0. The van der Waals surface area contributed by atoms with Gasteiger partial charge in [-0.25, -0.2) is 4.79 Å². The summed E-state index contributed by atoms with van der Waals surface area (Å²) in [5.74, 6) is -1.42. The second kappa shape index (κ2) is 8.38. The van der Waals surface area contributed by atoms with Crippen molar-refractivity contribution in [1.82, 2.24) is 10.6 Å². The minimum atomic E-state index is -3.09. The van der Waals surface area contributed by atoms with E-state index in [4.69, 9.17) is 9.39 Å². The Balaban J connectivity index is 1.68. The smallest absolute Gasteiger partial charge is 0.430 e. The molecule has 1 saturated heterocycles. The average molecular weight is 393 g/mol. The summed E-state index contributed by atoms with van der Waals surface area (Å²) in [5, 5.41) is 35.1. The van der Waals surface area contributed by atoms with Crippen molar-refractivity contribution in [2.45, 2.75) is 51.1 Å². The molecule has 0 spiro atoms. The minimum Gasteiger partial charge on any atom is -0.669 e. The molecule has 1 amide bonds. The van der Waals surface area contributed by atoms with Crippen molar-refractivity contribution in [3.63, 3.8) is 0 Å². The van der Waals surface area contributed by atoms with Crippen molar-refractivity contribution in [3.8, 4) is 11.5 Å². The number of amides is 1. The van der Waals surface area contributed by atoms with E-state index in [9.17, 15) is 24.7 Å². The molecule has 2 aliphatic heterocycles. The van der Waals surface area contributed by atoms with E-state index in [-0.39, 0.29) is 41.9 Å². The Labute approximate surface area is 163 Å². The molecule has 154 valence electrons. The molecule has 5 N–H and O–H groups in total. The number of hydrogen-bond acceptors (Lipinski definition) is 7. The topological polar surface area (TPSA) is 137 Å². The zero-order valence-electron chi connectivity index (χ0n) is 15.8. The lowest BCUT2D eigenvalue weighted by molar-refractivity contribution is -0.124. The van der Waals surface area contributed by atoms with Crippen LogP contribution < -0.4 is 20.0 Å². The van der Waals surface area contributed by atoms with Crippen LogP contribution in [-0.4, -0.2) is 59.0 Å². The zero-order valence-corrected chi connectivity index (χ0v) is 15.8.